The lowest BCUT2D eigenvalue weighted by Crippen LogP contribution is -2.01. The van der Waals surface area contributed by atoms with Gasteiger partial charge in [-0.05, 0) is 74.0 Å². The molecule has 0 saturated heterocycles. The lowest BCUT2D eigenvalue weighted by molar-refractivity contribution is 0.103. The number of ketones is 1. The van der Waals surface area contributed by atoms with E-state index in [1.165, 1.54) is 0 Å². The van der Waals surface area contributed by atoms with Crippen LogP contribution >= 0.6 is 0 Å². The van der Waals surface area contributed by atoms with Crippen LogP contribution in [0.4, 0.5) is 0 Å². The van der Waals surface area contributed by atoms with Gasteiger partial charge in [0.1, 0.15) is 5.75 Å². The van der Waals surface area contributed by atoms with Crippen molar-refractivity contribution in [2.75, 3.05) is 13.7 Å². The average molecular weight is 424 g/mol. The van der Waals surface area contributed by atoms with Gasteiger partial charge in [-0.2, -0.15) is 0 Å². The summed E-state index contributed by atoms with van der Waals surface area (Å²) in [6, 6.07) is 19.0. The standard InChI is InChI=1S/C23H21NO3.C2H6O.H2O/c1-3-24-21-10-4-15(14-25)12-19(21)20-13-17(7-11-22(20)24)23(26)16-5-8-18(27-2)9-6-16;1-2-3;/h4-13,25H,3,14H2,1-2H3;3H,2H2,1H3;1H2. The van der Waals surface area contributed by atoms with E-state index in [9.17, 15) is 9.90 Å². The van der Waals surface area contributed by atoms with Crippen LogP contribution in [0.5, 0.6) is 5.75 Å². The quantitative estimate of drug-likeness (QED) is 0.478. The number of aliphatic hydroxyl groups excluding tert-OH is 2. The van der Waals surface area contributed by atoms with Crippen LogP contribution in [0.2, 0.25) is 0 Å². The van der Waals surface area contributed by atoms with E-state index in [2.05, 4.69) is 11.5 Å². The summed E-state index contributed by atoms with van der Waals surface area (Å²) in [7, 11) is 1.61. The first kappa shape index (κ1) is 24.1. The minimum Gasteiger partial charge on any atom is -0.497 e. The molecular formula is C25H29NO5. The molecule has 3 aromatic carbocycles. The number of aryl methyl sites for hydroxylation is 1. The Morgan fingerprint density at radius 2 is 1.42 bits per heavy atom. The fourth-order valence-electron chi connectivity index (χ4n) is 3.64. The van der Waals surface area contributed by atoms with E-state index < -0.39 is 0 Å². The van der Waals surface area contributed by atoms with Crippen LogP contribution in [0.25, 0.3) is 21.8 Å². The lowest BCUT2D eigenvalue weighted by atomic mass is 10.0. The summed E-state index contributed by atoms with van der Waals surface area (Å²) in [5, 5.41) is 19.2. The van der Waals surface area contributed by atoms with Crippen molar-refractivity contribution in [2.24, 2.45) is 0 Å². The molecule has 31 heavy (non-hydrogen) atoms. The van der Waals surface area contributed by atoms with Gasteiger partial charge in [0.2, 0.25) is 0 Å². The Kier molecular flexibility index (Phi) is 8.33. The maximum Gasteiger partial charge on any atom is 0.193 e. The predicted molar refractivity (Wildman–Crippen MR) is 124 cm³/mol. The first-order chi connectivity index (χ1) is 14.6. The maximum absolute atomic E-state index is 12.9. The summed E-state index contributed by atoms with van der Waals surface area (Å²) in [5.74, 6) is 0.708. The molecule has 0 unspecified atom stereocenters. The minimum absolute atomic E-state index is 0. The Labute approximate surface area is 181 Å². The van der Waals surface area contributed by atoms with Crippen molar-refractivity contribution in [2.45, 2.75) is 27.0 Å². The van der Waals surface area contributed by atoms with Crippen LogP contribution in [-0.2, 0) is 13.2 Å². The Morgan fingerprint density at radius 3 is 1.97 bits per heavy atom. The highest BCUT2D eigenvalue weighted by molar-refractivity contribution is 6.14. The summed E-state index contributed by atoms with van der Waals surface area (Å²) < 4.78 is 7.39. The molecule has 0 amide bonds. The molecule has 0 fully saturated rings. The van der Waals surface area contributed by atoms with E-state index >= 15 is 0 Å². The molecule has 0 aliphatic heterocycles. The molecular weight excluding hydrogens is 394 g/mol. The van der Waals surface area contributed by atoms with Crippen molar-refractivity contribution in [1.29, 1.82) is 0 Å². The molecule has 4 aromatic rings. The molecule has 0 aliphatic carbocycles. The Hall–Kier alpha value is -3.19. The number of carbonyl (C=O) groups is 1. The van der Waals surface area contributed by atoms with E-state index in [-0.39, 0.29) is 24.5 Å². The molecule has 6 nitrogen and oxygen atoms in total. The molecule has 4 rings (SSSR count). The monoisotopic (exact) mass is 423 g/mol. The van der Waals surface area contributed by atoms with Gasteiger partial charge in [-0.25, -0.2) is 0 Å². The highest BCUT2D eigenvalue weighted by Gasteiger charge is 2.15. The van der Waals surface area contributed by atoms with Crippen LogP contribution in [0.3, 0.4) is 0 Å². The number of fused-ring (bicyclic) bond motifs is 3. The van der Waals surface area contributed by atoms with E-state index in [4.69, 9.17) is 9.84 Å². The summed E-state index contributed by atoms with van der Waals surface area (Å²) in [6.45, 7) is 4.87. The van der Waals surface area contributed by atoms with Crippen molar-refractivity contribution in [1.82, 2.24) is 4.57 Å². The SMILES string of the molecule is CCO.CCn1c2ccc(CO)cc2c2cc(C(=O)c3ccc(OC)cc3)ccc21.O. The molecule has 0 saturated carbocycles. The van der Waals surface area contributed by atoms with Crippen molar-refractivity contribution in [3.63, 3.8) is 0 Å². The molecule has 0 bridgehead atoms. The highest BCUT2D eigenvalue weighted by atomic mass is 16.5. The second kappa shape index (κ2) is 10.7. The van der Waals surface area contributed by atoms with Gasteiger partial charge >= 0.3 is 0 Å². The van der Waals surface area contributed by atoms with Crippen molar-refractivity contribution >= 4 is 27.6 Å². The third kappa shape index (κ3) is 4.77. The van der Waals surface area contributed by atoms with Crippen molar-refractivity contribution < 1.29 is 25.2 Å². The Balaban J connectivity index is 0.000000808. The highest BCUT2D eigenvalue weighted by Crippen LogP contribution is 2.31. The number of nitrogens with zero attached hydrogens (tertiary/aromatic N) is 1. The molecule has 4 N–H and O–H groups in total. The van der Waals surface area contributed by atoms with Gasteiger partial charge in [-0.3, -0.25) is 4.79 Å². The van der Waals surface area contributed by atoms with Gasteiger partial charge < -0.3 is 25.0 Å². The molecule has 0 spiro atoms. The van der Waals surface area contributed by atoms with Crippen LogP contribution in [-0.4, -0.2) is 39.8 Å². The topological polar surface area (TPSA) is 103 Å². The van der Waals surface area contributed by atoms with E-state index in [1.807, 2.05) is 36.4 Å². The van der Waals surface area contributed by atoms with Crippen LogP contribution < -0.4 is 4.74 Å². The summed E-state index contributed by atoms with van der Waals surface area (Å²) >= 11 is 0. The number of carbonyl (C=O) groups excluding carboxylic acids is 1. The zero-order valence-electron chi connectivity index (χ0n) is 18.1. The number of benzene rings is 3. The number of hydrogen-bond acceptors (Lipinski definition) is 4. The van der Waals surface area contributed by atoms with Gasteiger partial charge in [0, 0.05) is 46.1 Å². The number of rotatable bonds is 5. The van der Waals surface area contributed by atoms with E-state index in [0.29, 0.717) is 11.1 Å². The summed E-state index contributed by atoms with van der Waals surface area (Å²) in [6.07, 6.45) is 0. The molecule has 0 aliphatic rings. The van der Waals surface area contributed by atoms with E-state index in [0.717, 1.165) is 39.7 Å². The zero-order valence-corrected chi connectivity index (χ0v) is 18.1. The Bertz CT molecular complexity index is 1160. The van der Waals surface area contributed by atoms with E-state index in [1.54, 1.807) is 38.3 Å². The maximum atomic E-state index is 12.9. The second-order valence-corrected chi connectivity index (χ2v) is 6.86. The molecule has 164 valence electrons. The van der Waals surface area contributed by atoms with Gasteiger partial charge in [0.15, 0.2) is 5.78 Å². The van der Waals surface area contributed by atoms with Gasteiger partial charge in [-0.1, -0.05) is 6.07 Å². The number of methoxy groups -OCH3 is 1. The van der Waals surface area contributed by atoms with Gasteiger partial charge in [-0.15, -0.1) is 0 Å². The first-order valence-corrected chi connectivity index (χ1v) is 10.0. The summed E-state index contributed by atoms with van der Waals surface area (Å²) in [4.78, 5) is 12.9. The predicted octanol–water partition coefficient (Wildman–Crippen LogP) is 3.72. The smallest absolute Gasteiger partial charge is 0.193 e. The fourth-order valence-corrected chi connectivity index (χ4v) is 3.64. The van der Waals surface area contributed by atoms with Crippen molar-refractivity contribution in [3.8, 4) is 5.75 Å². The lowest BCUT2D eigenvalue weighted by Gasteiger charge is -2.05. The normalized spacial score (nSPS) is 10.4. The largest absolute Gasteiger partial charge is 0.497 e. The Morgan fingerprint density at radius 1 is 0.871 bits per heavy atom. The number of ether oxygens (including phenoxy) is 1. The van der Waals surface area contributed by atoms with Crippen LogP contribution in [0.1, 0.15) is 35.3 Å². The zero-order chi connectivity index (χ0) is 21.7. The second-order valence-electron chi connectivity index (χ2n) is 6.86. The molecule has 1 aromatic heterocycles. The molecule has 0 atom stereocenters. The molecule has 1 heterocycles. The third-order valence-electron chi connectivity index (χ3n) is 5.04. The third-order valence-corrected chi connectivity index (χ3v) is 5.04. The summed E-state index contributed by atoms with van der Waals surface area (Å²) in [5.41, 5.74) is 4.35. The van der Waals surface area contributed by atoms with Crippen LogP contribution in [0.15, 0.2) is 60.7 Å². The van der Waals surface area contributed by atoms with Crippen LogP contribution in [0, 0.1) is 0 Å². The minimum atomic E-state index is -0.0183. The van der Waals surface area contributed by atoms with Crippen molar-refractivity contribution in [3.05, 3.63) is 77.4 Å². The average Bonchev–Trinajstić information content (AvgIpc) is 3.11. The number of aliphatic hydroxyl groups is 2. The van der Waals surface area contributed by atoms with Gasteiger partial charge in [0.05, 0.1) is 13.7 Å². The molecule has 6 heteroatoms. The fraction of sp³-hybridized carbons (Fsp3) is 0.240. The molecule has 0 radical (unpaired) electrons. The van der Waals surface area contributed by atoms with Gasteiger partial charge in [0.25, 0.3) is 0 Å². The number of aromatic nitrogens is 1. The first-order valence-electron chi connectivity index (χ1n) is 10.0. The number of hydrogen-bond donors (Lipinski definition) is 2.